The van der Waals surface area contributed by atoms with Gasteiger partial charge >= 0.3 is 6.03 Å². The lowest BCUT2D eigenvalue weighted by Gasteiger charge is -2.15. The molecule has 168 valence electrons. The van der Waals surface area contributed by atoms with Crippen molar-refractivity contribution in [3.05, 3.63) is 53.7 Å². The van der Waals surface area contributed by atoms with Gasteiger partial charge in [-0.15, -0.1) is 0 Å². The minimum Gasteiger partial charge on any atom is -0.369 e. The van der Waals surface area contributed by atoms with E-state index in [0.29, 0.717) is 5.82 Å². The highest BCUT2D eigenvalue weighted by molar-refractivity contribution is 5.92. The fourth-order valence-corrected chi connectivity index (χ4v) is 4.43. The number of rotatable bonds is 8. The lowest BCUT2D eigenvalue weighted by molar-refractivity contribution is -0.117. The number of carbonyl (C=O) groups excluding carboxylic acids is 2. The molecule has 4 rings (SSSR count). The molecule has 0 saturated heterocycles. The third kappa shape index (κ3) is 5.10. The van der Waals surface area contributed by atoms with Crippen molar-refractivity contribution in [3.63, 3.8) is 0 Å². The third-order valence-electron chi connectivity index (χ3n) is 6.02. The number of aromatic nitrogens is 2. The van der Waals surface area contributed by atoms with Gasteiger partial charge in [0.05, 0.1) is 17.8 Å². The number of hydrogen-bond donors (Lipinski definition) is 3. The standard InChI is InChI=1S/C25H31N5O2/c1-2-3-9-20-16-24(28-25(32)27-19-10-5-6-11-19)30(29-20)21-13-17-8-4-7-12-22(17)18(14-21)15-23(26)31/h4,7-8,12-14,16,19H,2-3,5-6,9-11,15H2,1H3,(H2,26,31)(H2,27,28,32). The summed E-state index contributed by atoms with van der Waals surface area (Å²) in [6.07, 6.45) is 7.43. The molecule has 0 atom stereocenters. The maximum atomic E-state index is 12.7. The average Bonchev–Trinajstić information content (AvgIpc) is 3.41. The molecule has 1 saturated carbocycles. The Labute approximate surface area is 188 Å². The Balaban J connectivity index is 1.70. The Kier molecular flexibility index (Phi) is 6.73. The first-order valence-corrected chi connectivity index (χ1v) is 11.5. The van der Waals surface area contributed by atoms with Crippen molar-refractivity contribution in [3.8, 4) is 5.69 Å². The monoisotopic (exact) mass is 433 g/mol. The molecule has 3 amide bonds. The third-order valence-corrected chi connectivity index (χ3v) is 6.02. The Bertz CT molecular complexity index is 1110. The van der Waals surface area contributed by atoms with Gasteiger partial charge in [-0.3, -0.25) is 10.1 Å². The maximum absolute atomic E-state index is 12.7. The summed E-state index contributed by atoms with van der Waals surface area (Å²) in [6, 6.07) is 13.8. The number of benzene rings is 2. The van der Waals surface area contributed by atoms with E-state index in [2.05, 4.69) is 17.6 Å². The van der Waals surface area contributed by atoms with Gasteiger partial charge < -0.3 is 11.1 Å². The highest BCUT2D eigenvalue weighted by atomic mass is 16.2. The first-order chi connectivity index (χ1) is 15.5. The molecule has 7 heteroatoms. The van der Waals surface area contributed by atoms with Crippen LogP contribution in [0.3, 0.4) is 0 Å². The molecule has 1 aliphatic rings. The molecular weight excluding hydrogens is 402 g/mol. The molecule has 1 fully saturated rings. The number of nitrogens with one attached hydrogen (secondary N) is 2. The van der Waals surface area contributed by atoms with Gasteiger partial charge in [-0.05, 0) is 54.2 Å². The quantitative estimate of drug-likeness (QED) is 0.489. The second-order valence-corrected chi connectivity index (χ2v) is 8.59. The van der Waals surface area contributed by atoms with Gasteiger partial charge in [-0.25, -0.2) is 9.48 Å². The molecule has 1 heterocycles. The van der Waals surface area contributed by atoms with Crippen molar-refractivity contribution in [1.29, 1.82) is 0 Å². The summed E-state index contributed by atoms with van der Waals surface area (Å²) in [5.41, 5.74) is 8.07. The van der Waals surface area contributed by atoms with E-state index in [9.17, 15) is 9.59 Å². The van der Waals surface area contributed by atoms with Gasteiger partial charge in [-0.1, -0.05) is 50.5 Å². The van der Waals surface area contributed by atoms with E-state index in [1.807, 2.05) is 42.5 Å². The van der Waals surface area contributed by atoms with Crippen LogP contribution < -0.4 is 16.4 Å². The van der Waals surface area contributed by atoms with E-state index < -0.39 is 0 Å². The topological polar surface area (TPSA) is 102 Å². The first kappa shape index (κ1) is 21.9. The summed E-state index contributed by atoms with van der Waals surface area (Å²) in [6.45, 7) is 2.14. The van der Waals surface area contributed by atoms with E-state index in [0.717, 1.165) is 72.7 Å². The number of anilines is 1. The fourth-order valence-electron chi connectivity index (χ4n) is 4.43. The van der Waals surface area contributed by atoms with E-state index in [1.54, 1.807) is 4.68 Å². The molecule has 0 unspecified atom stereocenters. The summed E-state index contributed by atoms with van der Waals surface area (Å²) >= 11 is 0. The molecule has 0 radical (unpaired) electrons. The normalized spacial score (nSPS) is 14.0. The highest BCUT2D eigenvalue weighted by Crippen LogP contribution is 2.27. The molecule has 2 aromatic carbocycles. The summed E-state index contributed by atoms with van der Waals surface area (Å²) in [5.74, 6) is 0.234. The number of carbonyl (C=O) groups is 2. The average molecular weight is 434 g/mol. The van der Waals surface area contributed by atoms with Crippen LogP contribution in [0.2, 0.25) is 0 Å². The van der Waals surface area contributed by atoms with Crippen LogP contribution in [0.1, 0.15) is 56.7 Å². The number of nitrogens with two attached hydrogens (primary N) is 1. The predicted octanol–water partition coefficient (Wildman–Crippen LogP) is 4.46. The van der Waals surface area contributed by atoms with E-state index >= 15 is 0 Å². The van der Waals surface area contributed by atoms with Gasteiger partial charge in [0, 0.05) is 12.1 Å². The van der Waals surface area contributed by atoms with Crippen molar-refractivity contribution in [2.75, 3.05) is 5.32 Å². The molecule has 0 aliphatic heterocycles. The van der Waals surface area contributed by atoms with Gasteiger partial charge in [0.15, 0.2) is 0 Å². The maximum Gasteiger partial charge on any atom is 0.320 e. The van der Waals surface area contributed by atoms with Gasteiger partial charge in [0.2, 0.25) is 5.91 Å². The van der Waals surface area contributed by atoms with Crippen molar-refractivity contribution in [1.82, 2.24) is 15.1 Å². The van der Waals surface area contributed by atoms with Crippen LogP contribution in [0.4, 0.5) is 10.6 Å². The number of nitrogens with zero attached hydrogens (tertiary/aromatic N) is 2. The van der Waals surface area contributed by atoms with Crippen LogP contribution in [-0.2, 0) is 17.6 Å². The number of fused-ring (bicyclic) bond motifs is 1. The van der Waals surface area contributed by atoms with Gasteiger partial charge in [-0.2, -0.15) is 5.10 Å². The zero-order chi connectivity index (χ0) is 22.5. The Morgan fingerprint density at radius 2 is 1.94 bits per heavy atom. The van der Waals surface area contributed by atoms with Crippen LogP contribution >= 0.6 is 0 Å². The van der Waals surface area contributed by atoms with Crippen LogP contribution in [0.15, 0.2) is 42.5 Å². The summed E-state index contributed by atoms with van der Waals surface area (Å²) in [4.78, 5) is 24.4. The molecule has 3 aromatic rings. The number of aryl methyl sites for hydroxylation is 1. The number of urea groups is 1. The molecule has 1 aliphatic carbocycles. The minimum atomic E-state index is -0.384. The van der Waals surface area contributed by atoms with Gasteiger partial charge in [0.25, 0.3) is 0 Å². The summed E-state index contributed by atoms with van der Waals surface area (Å²) < 4.78 is 1.76. The molecule has 0 bridgehead atoms. The molecule has 7 nitrogen and oxygen atoms in total. The number of unbranched alkanes of at least 4 members (excludes halogenated alkanes) is 1. The van der Waals surface area contributed by atoms with Crippen molar-refractivity contribution in [2.24, 2.45) is 5.73 Å². The molecule has 4 N–H and O–H groups in total. The molecule has 32 heavy (non-hydrogen) atoms. The smallest absolute Gasteiger partial charge is 0.320 e. The fraction of sp³-hybridized carbons (Fsp3) is 0.400. The second kappa shape index (κ2) is 9.85. The summed E-state index contributed by atoms with van der Waals surface area (Å²) in [5, 5.41) is 12.8. The molecule has 1 aromatic heterocycles. The zero-order valence-corrected chi connectivity index (χ0v) is 18.6. The van der Waals surface area contributed by atoms with E-state index in [-0.39, 0.29) is 24.4 Å². The molecular formula is C25H31N5O2. The summed E-state index contributed by atoms with van der Waals surface area (Å²) in [7, 11) is 0. The number of primary amides is 1. The largest absolute Gasteiger partial charge is 0.369 e. The minimum absolute atomic E-state index is 0.142. The highest BCUT2D eigenvalue weighted by Gasteiger charge is 2.19. The van der Waals surface area contributed by atoms with Crippen LogP contribution in [0, 0.1) is 0 Å². The predicted molar refractivity (Wildman–Crippen MR) is 127 cm³/mol. The van der Waals surface area contributed by atoms with Crippen molar-refractivity contribution >= 4 is 28.5 Å². The Morgan fingerprint density at radius 1 is 1.16 bits per heavy atom. The first-order valence-electron chi connectivity index (χ1n) is 11.5. The van der Waals surface area contributed by atoms with Crippen LogP contribution in [0.25, 0.3) is 16.5 Å². The molecule has 0 spiro atoms. The van der Waals surface area contributed by atoms with Crippen molar-refractivity contribution < 1.29 is 9.59 Å². The number of hydrogen-bond acceptors (Lipinski definition) is 3. The van der Waals surface area contributed by atoms with Crippen LogP contribution in [-0.4, -0.2) is 27.8 Å². The van der Waals surface area contributed by atoms with E-state index in [1.165, 1.54) is 0 Å². The Hall–Kier alpha value is -3.35. The lowest BCUT2D eigenvalue weighted by Crippen LogP contribution is -2.36. The van der Waals surface area contributed by atoms with Crippen molar-refractivity contribution in [2.45, 2.75) is 64.3 Å². The van der Waals surface area contributed by atoms with Crippen LogP contribution in [0.5, 0.6) is 0 Å². The number of amides is 3. The lowest BCUT2D eigenvalue weighted by atomic mass is 10.0. The zero-order valence-electron chi connectivity index (χ0n) is 18.6. The SMILES string of the molecule is CCCCc1cc(NC(=O)NC2CCCC2)n(-c2cc(CC(N)=O)c3ccccc3c2)n1. The van der Waals surface area contributed by atoms with E-state index in [4.69, 9.17) is 10.8 Å². The van der Waals surface area contributed by atoms with Gasteiger partial charge in [0.1, 0.15) is 5.82 Å². The second-order valence-electron chi connectivity index (χ2n) is 8.59. The Morgan fingerprint density at radius 3 is 2.69 bits per heavy atom.